The van der Waals surface area contributed by atoms with Crippen molar-refractivity contribution in [2.24, 2.45) is 35.5 Å². The van der Waals surface area contributed by atoms with Crippen molar-refractivity contribution < 1.29 is 4.42 Å². The maximum Gasteiger partial charge on any atom is 0.137 e. The Morgan fingerprint density at radius 2 is 0.608 bits per heavy atom. The molecule has 0 atom stereocenters. The molecular weight excluding hydrogens is 1570 g/mol. The van der Waals surface area contributed by atoms with Gasteiger partial charge in [-0.05, 0) is 388 Å². The lowest BCUT2D eigenvalue weighted by molar-refractivity contribution is -0.00530. The van der Waals surface area contributed by atoms with Gasteiger partial charge in [0.25, 0.3) is 0 Å². The molecule has 0 aliphatic heterocycles. The topological polar surface area (TPSA) is 24.6 Å². The van der Waals surface area contributed by atoms with Crippen LogP contribution in [0.3, 0.4) is 0 Å². The van der Waals surface area contributed by atoms with Crippen LogP contribution in [0.5, 0.6) is 0 Å². The van der Waals surface area contributed by atoms with Gasteiger partial charge in [0.05, 0.1) is 28.1 Å². The van der Waals surface area contributed by atoms with Crippen LogP contribution in [-0.2, 0) is 21.7 Å². The van der Waals surface area contributed by atoms with Crippen molar-refractivity contribution in [2.75, 3.05) is 9.80 Å². The molecule has 8 fully saturated rings. The smallest absolute Gasteiger partial charge is 0.137 e. The molecule has 16 aromatic carbocycles. The van der Waals surface area contributed by atoms with Gasteiger partial charge in [0.1, 0.15) is 11.2 Å². The Hall–Kier alpha value is -13.3. The van der Waals surface area contributed by atoms with Crippen molar-refractivity contribution in [2.45, 2.75) is 154 Å². The number of aromatic nitrogens is 1. The lowest BCUT2D eigenvalue weighted by Crippen LogP contribution is -2.48. The summed E-state index contributed by atoms with van der Waals surface area (Å²) in [6.45, 7) is 18.8. The van der Waals surface area contributed by atoms with E-state index >= 15 is 0 Å². The van der Waals surface area contributed by atoms with Gasteiger partial charge in [-0.2, -0.15) is 0 Å². The number of nitrogens with zero attached hydrogens (tertiary/aromatic N) is 3. The van der Waals surface area contributed by atoms with Crippen molar-refractivity contribution in [3.63, 3.8) is 0 Å². The third-order valence-electron chi connectivity index (χ3n) is 33.0. The van der Waals surface area contributed by atoms with Crippen LogP contribution in [-0.4, -0.2) is 4.57 Å². The van der Waals surface area contributed by atoms with Crippen LogP contribution >= 0.6 is 0 Å². The molecule has 2 heterocycles. The number of hydrogen-bond donors (Lipinski definition) is 0. The van der Waals surface area contributed by atoms with Crippen molar-refractivity contribution in [1.29, 1.82) is 0 Å². The Bertz CT molecular complexity index is 7410. The van der Waals surface area contributed by atoms with E-state index < -0.39 is 0 Å². The Kier molecular flexibility index (Phi) is 18.3. The summed E-state index contributed by atoms with van der Waals surface area (Å²) < 4.78 is 8.96. The molecule has 28 rings (SSSR count). The van der Waals surface area contributed by atoms with E-state index in [4.69, 9.17) is 4.42 Å². The molecular formula is C126H111N3O. The first-order chi connectivity index (χ1) is 63.4. The summed E-state index contributed by atoms with van der Waals surface area (Å²) in [5.41, 5.74) is 44.4. The number of anilines is 6. The average molecular weight is 1680 g/mol. The highest BCUT2D eigenvalue weighted by Crippen LogP contribution is 2.64. The van der Waals surface area contributed by atoms with Gasteiger partial charge < -0.3 is 18.8 Å². The van der Waals surface area contributed by atoms with E-state index in [1.165, 1.54) is 233 Å². The second kappa shape index (κ2) is 30.2. The Balaban J connectivity index is 0.000000143. The van der Waals surface area contributed by atoms with Gasteiger partial charge in [-0.3, -0.25) is 0 Å². The molecule has 18 aromatic rings. The number of rotatable bonds is 14. The summed E-state index contributed by atoms with van der Waals surface area (Å²) in [5, 5.41) is 4.83. The maximum absolute atomic E-state index is 6.51. The number of hydrogen-bond acceptors (Lipinski definition) is 3. The summed E-state index contributed by atoms with van der Waals surface area (Å²) in [6.07, 6.45) is 17.3. The second-order valence-corrected chi connectivity index (χ2v) is 41.8. The normalized spacial score (nSPS) is 21.2. The SMILES string of the molecule is Cc1cc(-c2ccc(C34CC5CC(CC(C5)C3)C4)cc2)cc(C)c1N(c1ccc2c(c1)C(C)(C)c1cc(-c3ccccc3)ccc1-2)c1ccc(-n2c3ccccc3c3ccccc32)cc1-c1ccccc1.Cc1cc(-c2ccc(C34CC5CC(CC(C5)C3)C4)cc2)cc(C)c1N(c1ccc2c(c1)C(C)(C)c1cc(-c3ccccc3)ccc1-2)c1ccc2c(c1)oc1ccccc12. The number of aryl methyl sites for hydroxylation is 4. The van der Waals surface area contributed by atoms with Gasteiger partial charge in [-0.1, -0.05) is 258 Å². The molecule has 10 aliphatic rings. The highest BCUT2D eigenvalue weighted by molar-refractivity contribution is 6.10. The number of benzene rings is 16. The first kappa shape index (κ1) is 78.9. The van der Waals surface area contributed by atoms with Crippen LogP contribution in [0, 0.1) is 63.2 Å². The molecule has 4 nitrogen and oxygen atoms in total. The molecule has 0 unspecified atom stereocenters. The fourth-order valence-electron chi connectivity index (χ4n) is 27.8. The molecule has 636 valence electrons. The fraction of sp³-hybridized carbons (Fsp3) is 0.238. The fourth-order valence-corrected chi connectivity index (χ4v) is 27.8. The second-order valence-electron chi connectivity index (χ2n) is 41.8. The first-order valence-electron chi connectivity index (χ1n) is 48.2. The highest BCUT2D eigenvalue weighted by Gasteiger charge is 2.53. The van der Waals surface area contributed by atoms with Crippen LogP contribution in [0.4, 0.5) is 34.1 Å². The van der Waals surface area contributed by atoms with Crippen molar-refractivity contribution in [3.8, 4) is 83.6 Å². The van der Waals surface area contributed by atoms with Crippen LogP contribution < -0.4 is 9.80 Å². The average Bonchev–Trinajstić information content (AvgIpc) is 1.49. The highest BCUT2D eigenvalue weighted by atomic mass is 16.3. The van der Waals surface area contributed by atoms with E-state index in [1.807, 2.05) is 0 Å². The number of furan rings is 1. The third kappa shape index (κ3) is 12.9. The van der Waals surface area contributed by atoms with Crippen molar-refractivity contribution >= 4 is 77.9 Å². The summed E-state index contributed by atoms with van der Waals surface area (Å²) in [4.78, 5) is 5.06. The van der Waals surface area contributed by atoms with Crippen molar-refractivity contribution in [1.82, 2.24) is 4.57 Å². The summed E-state index contributed by atoms with van der Waals surface area (Å²) in [5.74, 6) is 5.67. The summed E-state index contributed by atoms with van der Waals surface area (Å²) in [6, 6.07) is 130. The Morgan fingerprint density at radius 3 is 1.06 bits per heavy atom. The van der Waals surface area contributed by atoms with Crippen LogP contribution in [0.2, 0.25) is 0 Å². The zero-order valence-electron chi connectivity index (χ0n) is 76.1. The zero-order chi connectivity index (χ0) is 87.2. The van der Waals surface area contributed by atoms with E-state index in [-0.39, 0.29) is 10.8 Å². The van der Waals surface area contributed by atoms with Crippen LogP contribution in [0.1, 0.15) is 160 Å². The first-order valence-corrected chi connectivity index (χ1v) is 48.2. The Morgan fingerprint density at radius 1 is 0.262 bits per heavy atom. The van der Waals surface area contributed by atoms with Crippen molar-refractivity contribution in [3.05, 3.63) is 401 Å². The van der Waals surface area contributed by atoms with Gasteiger partial charge in [0.15, 0.2) is 0 Å². The standard InChI is InChI=1S/C69H60N2.C57H51NO/c1-44-33-53(50-23-26-54(27-24-50)69-41-46-35-47(42-69)37-48(36-46)43-69)34-45(2)67(44)71(56-28-31-58-57-30-25-52(49-15-7-5-8-16-49)38-62(57)68(3,4)63(58)40-56)66-32-29-55(39-61(66)51-17-9-6-10-18-51)70-64-21-13-11-19-59(64)60-20-12-14-22-65(60)70;1-35-24-43(41-14-17-44(18-15-41)57-32-37-26-38(33-57)28-39(27-37)34-57)25-36(2)55(35)58(46-20-23-50-49-12-8-9-13-53(49)59-54(50)31-46)45-19-22-48-47-21-16-42(40-10-6-5-7-11-40)29-51(47)56(3,4)52(48)30-45/h5-34,38-40,46-48H,35-37,41-43H2,1-4H3;5-25,29-31,37-39H,26-28,32-34H2,1-4H3. The molecule has 130 heavy (non-hydrogen) atoms. The molecule has 0 radical (unpaired) electrons. The minimum Gasteiger partial charge on any atom is -0.456 e. The van der Waals surface area contributed by atoms with Gasteiger partial charge in [0, 0.05) is 66.8 Å². The maximum atomic E-state index is 6.51. The lowest BCUT2D eigenvalue weighted by Gasteiger charge is -2.57. The molecule has 0 amide bonds. The predicted octanol–water partition coefficient (Wildman–Crippen LogP) is 34.4. The van der Waals surface area contributed by atoms with Gasteiger partial charge in [-0.25, -0.2) is 0 Å². The van der Waals surface area contributed by atoms with E-state index in [2.05, 4.69) is 416 Å². The van der Waals surface area contributed by atoms with Gasteiger partial charge >= 0.3 is 0 Å². The minimum absolute atomic E-state index is 0.171. The Labute approximate surface area is 766 Å². The molecule has 4 heteroatoms. The molecule has 0 N–H and O–H groups in total. The van der Waals surface area contributed by atoms with Gasteiger partial charge in [-0.15, -0.1) is 0 Å². The largest absolute Gasteiger partial charge is 0.456 e. The third-order valence-corrected chi connectivity index (χ3v) is 33.0. The summed E-state index contributed by atoms with van der Waals surface area (Å²) >= 11 is 0. The van der Waals surface area contributed by atoms with E-state index in [0.717, 1.165) is 85.9 Å². The van der Waals surface area contributed by atoms with Crippen LogP contribution in [0.15, 0.2) is 350 Å². The lowest BCUT2D eigenvalue weighted by atomic mass is 9.48. The van der Waals surface area contributed by atoms with E-state index in [1.54, 1.807) is 11.1 Å². The predicted molar refractivity (Wildman–Crippen MR) is 545 cm³/mol. The monoisotopic (exact) mass is 1680 g/mol. The number of para-hydroxylation sites is 3. The molecule has 8 bridgehead atoms. The molecule has 8 saturated carbocycles. The number of fused-ring (bicyclic) bond motifs is 12. The molecule has 2 aromatic heterocycles. The van der Waals surface area contributed by atoms with E-state index in [9.17, 15) is 0 Å². The zero-order valence-corrected chi connectivity index (χ0v) is 76.1. The molecule has 0 spiro atoms. The minimum atomic E-state index is -0.212. The summed E-state index contributed by atoms with van der Waals surface area (Å²) in [7, 11) is 0. The van der Waals surface area contributed by atoms with Crippen LogP contribution in [0.25, 0.3) is 127 Å². The van der Waals surface area contributed by atoms with E-state index in [0.29, 0.717) is 10.8 Å². The molecule has 10 aliphatic carbocycles. The van der Waals surface area contributed by atoms with Gasteiger partial charge in [0.2, 0.25) is 0 Å². The quantitative estimate of drug-likeness (QED) is 0.108. The molecule has 0 saturated heterocycles.